The zero-order valence-corrected chi connectivity index (χ0v) is 17.7. The van der Waals surface area contributed by atoms with Gasteiger partial charge in [0.25, 0.3) is 10.0 Å². The molecule has 0 amide bonds. The second-order valence-electron chi connectivity index (χ2n) is 6.58. The number of piperazine rings is 1. The number of rotatable bonds is 6. The lowest BCUT2D eigenvalue weighted by atomic mass is 10.2. The molecule has 0 aromatic heterocycles. The molecule has 0 radical (unpaired) electrons. The molecule has 0 aliphatic carbocycles. The Morgan fingerprint density at radius 3 is 2.25 bits per heavy atom. The molecule has 1 fully saturated rings. The van der Waals surface area contributed by atoms with Gasteiger partial charge in [0.05, 0.1) is 25.6 Å². The Bertz CT molecular complexity index is 944. The molecule has 0 unspecified atom stereocenters. The first kappa shape index (κ1) is 20.6. The molecule has 2 aromatic carbocycles. The second-order valence-corrected chi connectivity index (χ2v) is 8.66. The zero-order chi connectivity index (χ0) is 20.3. The molecular formula is C19H24ClN3O4S. The molecule has 1 saturated heterocycles. The van der Waals surface area contributed by atoms with Crippen LogP contribution in [0.3, 0.4) is 0 Å². The van der Waals surface area contributed by atoms with Crippen molar-refractivity contribution in [2.24, 2.45) is 0 Å². The van der Waals surface area contributed by atoms with Crippen LogP contribution in [0.25, 0.3) is 0 Å². The normalized spacial score (nSPS) is 15.4. The first-order valence-electron chi connectivity index (χ1n) is 8.82. The molecule has 0 saturated carbocycles. The van der Waals surface area contributed by atoms with E-state index in [1.165, 1.54) is 19.2 Å². The van der Waals surface area contributed by atoms with Crippen molar-refractivity contribution >= 4 is 33.0 Å². The molecule has 0 bridgehead atoms. The Morgan fingerprint density at radius 2 is 1.61 bits per heavy atom. The smallest absolute Gasteiger partial charge is 0.265 e. The van der Waals surface area contributed by atoms with Crippen molar-refractivity contribution in [1.29, 1.82) is 0 Å². The van der Waals surface area contributed by atoms with E-state index in [9.17, 15) is 8.42 Å². The Labute approximate surface area is 170 Å². The maximum atomic E-state index is 12.9. The lowest BCUT2D eigenvalue weighted by Gasteiger charge is -2.35. The third-order valence-corrected chi connectivity index (χ3v) is 6.33. The number of benzene rings is 2. The number of nitrogens with zero attached hydrogens (tertiary/aromatic N) is 2. The van der Waals surface area contributed by atoms with Crippen LogP contribution in [0.2, 0.25) is 5.02 Å². The van der Waals surface area contributed by atoms with Gasteiger partial charge in [-0.15, -0.1) is 0 Å². The van der Waals surface area contributed by atoms with E-state index < -0.39 is 10.0 Å². The van der Waals surface area contributed by atoms with Crippen molar-refractivity contribution < 1.29 is 17.9 Å². The van der Waals surface area contributed by atoms with E-state index in [2.05, 4.69) is 21.6 Å². The molecule has 0 spiro atoms. The number of halogens is 1. The van der Waals surface area contributed by atoms with Gasteiger partial charge in [-0.3, -0.25) is 4.72 Å². The molecule has 1 N–H and O–H groups in total. The summed E-state index contributed by atoms with van der Waals surface area (Å²) in [4.78, 5) is 4.43. The van der Waals surface area contributed by atoms with E-state index in [4.69, 9.17) is 21.1 Å². The van der Waals surface area contributed by atoms with E-state index in [0.29, 0.717) is 16.5 Å². The summed E-state index contributed by atoms with van der Waals surface area (Å²) in [5, 5.41) is 0.314. The number of nitrogens with one attached hydrogen (secondary N) is 1. The molecule has 7 nitrogen and oxygen atoms in total. The van der Waals surface area contributed by atoms with E-state index in [1.54, 1.807) is 31.4 Å². The summed E-state index contributed by atoms with van der Waals surface area (Å²) in [6.45, 7) is 3.54. The number of anilines is 2. The van der Waals surface area contributed by atoms with E-state index in [1.807, 2.05) is 0 Å². The van der Waals surface area contributed by atoms with Crippen LogP contribution in [-0.4, -0.2) is 60.8 Å². The fourth-order valence-corrected chi connectivity index (χ4v) is 4.60. The minimum Gasteiger partial charge on any atom is -0.495 e. The molecule has 28 heavy (non-hydrogen) atoms. The molecule has 1 heterocycles. The van der Waals surface area contributed by atoms with E-state index in [0.717, 1.165) is 31.9 Å². The number of likely N-dealkylation sites (N-methyl/N-ethyl adjacent to an activating group) is 1. The van der Waals surface area contributed by atoms with Gasteiger partial charge in [-0.05, 0) is 43.4 Å². The number of ether oxygens (including phenoxy) is 2. The maximum Gasteiger partial charge on any atom is 0.265 e. The highest BCUT2D eigenvalue weighted by Crippen LogP contribution is 2.34. The third-order valence-electron chi connectivity index (χ3n) is 4.69. The van der Waals surface area contributed by atoms with Gasteiger partial charge in [-0.1, -0.05) is 11.6 Å². The average molecular weight is 426 g/mol. The maximum absolute atomic E-state index is 12.9. The fraction of sp³-hybridized carbons (Fsp3) is 0.368. The summed E-state index contributed by atoms with van der Waals surface area (Å²) in [5.41, 5.74) is 1.30. The van der Waals surface area contributed by atoms with Crippen LogP contribution in [-0.2, 0) is 10.0 Å². The minimum absolute atomic E-state index is 0.0144. The molecule has 0 atom stereocenters. The third kappa shape index (κ3) is 4.45. The van der Waals surface area contributed by atoms with Gasteiger partial charge in [0.2, 0.25) is 0 Å². The van der Waals surface area contributed by atoms with Gasteiger partial charge in [0.15, 0.2) is 0 Å². The van der Waals surface area contributed by atoms with Crippen molar-refractivity contribution in [3.8, 4) is 11.5 Å². The van der Waals surface area contributed by atoms with Crippen LogP contribution in [0.4, 0.5) is 11.4 Å². The molecule has 2 aromatic rings. The Hall–Kier alpha value is -2.16. The summed E-state index contributed by atoms with van der Waals surface area (Å²) in [6, 6.07) is 9.71. The molecular weight excluding hydrogens is 402 g/mol. The molecule has 152 valence electrons. The van der Waals surface area contributed by atoms with Crippen molar-refractivity contribution in [1.82, 2.24) is 4.90 Å². The Morgan fingerprint density at radius 1 is 0.964 bits per heavy atom. The highest BCUT2D eigenvalue weighted by molar-refractivity contribution is 7.92. The van der Waals surface area contributed by atoms with Crippen LogP contribution in [0.5, 0.6) is 11.5 Å². The first-order chi connectivity index (χ1) is 13.3. The van der Waals surface area contributed by atoms with Gasteiger partial charge in [0, 0.05) is 31.2 Å². The van der Waals surface area contributed by atoms with Gasteiger partial charge >= 0.3 is 0 Å². The van der Waals surface area contributed by atoms with Crippen LogP contribution < -0.4 is 19.1 Å². The summed E-state index contributed by atoms with van der Waals surface area (Å²) < 4.78 is 39.1. The van der Waals surface area contributed by atoms with E-state index in [-0.39, 0.29) is 10.6 Å². The summed E-state index contributed by atoms with van der Waals surface area (Å²) in [7, 11) is 1.22. The quantitative estimate of drug-likeness (QED) is 0.767. The van der Waals surface area contributed by atoms with Crippen LogP contribution in [0.1, 0.15) is 0 Å². The van der Waals surface area contributed by atoms with Gasteiger partial charge in [-0.2, -0.15) is 0 Å². The second kappa shape index (κ2) is 8.46. The number of methoxy groups -OCH3 is 2. The molecule has 1 aliphatic rings. The van der Waals surface area contributed by atoms with Crippen LogP contribution >= 0.6 is 11.6 Å². The van der Waals surface area contributed by atoms with Crippen molar-refractivity contribution in [3.05, 3.63) is 41.4 Å². The fourth-order valence-electron chi connectivity index (χ4n) is 3.12. The Balaban J connectivity index is 1.92. The summed E-state index contributed by atoms with van der Waals surface area (Å²) in [5.74, 6) is 0.928. The first-order valence-corrected chi connectivity index (χ1v) is 10.7. The predicted octanol–water partition coefficient (Wildman–Crippen LogP) is 2.91. The molecule has 9 heteroatoms. The van der Waals surface area contributed by atoms with Gasteiger partial charge < -0.3 is 19.3 Å². The van der Waals surface area contributed by atoms with Crippen molar-refractivity contribution in [3.63, 3.8) is 0 Å². The Kier molecular flexibility index (Phi) is 6.22. The van der Waals surface area contributed by atoms with Crippen molar-refractivity contribution in [2.45, 2.75) is 4.90 Å². The molecule has 3 rings (SSSR count). The monoisotopic (exact) mass is 425 g/mol. The number of hydrogen-bond donors (Lipinski definition) is 1. The van der Waals surface area contributed by atoms with Crippen molar-refractivity contribution in [2.75, 3.05) is 57.1 Å². The van der Waals surface area contributed by atoms with Crippen LogP contribution in [0.15, 0.2) is 41.3 Å². The summed E-state index contributed by atoms with van der Waals surface area (Å²) >= 11 is 5.99. The van der Waals surface area contributed by atoms with Gasteiger partial charge in [-0.25, -0.2) is 8.42 Å². The molecule has 1 aliphatic heterocycles. The highest BCUT2D eigenvalue weighted by atomic mass is 35.5. The standard InChI is InChI=1S/C19H24ClN3O4S/c1-22-8-10-23(11-9-22)16-13-15(5-7-17(16)26-2)21-28(24,25)19-12-14(20)4-6-18(19)27-3/h4-7,12-13,21H,8-11H2,1-3H3. The lowest BCUT2D eigenvalue weighted by Crippen LogP contribution is -2.44. The average Bonchev–Trinajstić information content (AvgIpc) is 2.68. The SMILES string of the molecule is COc1ccc(NS(=O)(=O)c2cc(Cl)ccc2OC)cc1N1CCN(C)CC1. The lowest BCUT2D eigenvalue weighted by molar-refractivity contribution is 0.311. The van der Waals surface area contributed by atoms with E-state index >= 15 is 0 Å². The predicted molar refractivity (Wildman–Crippen MR) is 112 cm³/mol. The van der Waals surface area contributed by atoms with Crippen LogP contribution in [0, 0.1) is 0 Å². The number of sulfonamides is 1. The minimum atomic E-state index is -3.88. The number of hydrogen-bond acceptors (Lipinski definition) is 6. The van der Waals surface area contributed by atoms with Gasteiger partial charge in [0.1, 0.15) is 16.4 Å². The largest absolute Gasteiger partial charge is 0.495 e. The topological polar surface area (TPSA) is 71.1 Å². The zero-order valence-electron chi connectivity index (χ0n) is 16.1. The highest BCUT2D eigenvalue weighted by Gasteiger charge is 2.22. The summed E-state index contributed by atoms with van der Waals surface area (Å²) in [6.07, 6.45) is 0.